The molecule has 0 heterocycles. The standard InChI is InChI=1S/C15H20O4.K/c1-10(7-13(17)18)5-6-15(19)11(2)8-12(16)9-14(15,3)4;/h5-8,19H,9H2,1-4H3,(H,17,18);/q;+1/p-1/b6-5+,10-7-;/t15-;/m1./s1. The smallest absolute Gasteiger partial charge is 0.545 e. The summed E-state index contributed by atoms with van der Waals surface area (Å²) in [5.74, 6) is -1.29. The fourth-order valence-electron chi connectivity index (χ4n) is 2.35. The van der Waals surface area contributed by atoms with E-state index in [0.717, 1.165) is 6.08 Å². The number of carboxylic acid groups (broad SMARTS) is 1. The van der Waals surface area contributed by atoms with Crippen LogP contribution in [-0.4, -0.2) is 22.5 Å². The first-order chi connectivity index (χ1) is 8.58. The summed E-state index contributed by atoms with van der Waals surface area (Å²) in [6, 6.07) is 0. The molecule has 0 amide bonds. The fourth-order valence-corrected chi connectivity index (χ4v) is 2.35. The first kappa shape index (κ1) is 20.0. The van der Waals surface area contributed by atoms with Crippen LogP contribution in [0.5, 0.6) is 0 Å². The van der Waals surface area contributed by atoms with E-state index in [-0.39, 0.29) is 63.6 Å². The van der Waals surface area contributed by atoms with E-state index in [0.29, 0.717) is 11.1 Å². The molecule has 0 fully saturated rings. The molecule has 0 unspecified atom stereocenters. The summed E-state index contributed by atoms with van der Waals surface area (Å²) in [5, 5.41) is 21.2. The molecule has 104 valence electrons. The van der Waals surface area contributed by atoms with E-state index in [4.69, 9.17) is 0 Å². The van der Waals surface area contributed by atoms with Crippen molar-refractivity contribution < 1.29 is 71.2 Å². The van der Waals surface area contributed by atoms with Crippen molar-refractivity contribution in [2.75, 3.05) is 0 Å². The zero-order chi connectivity index (χ0) is 14.8. The van der Waals surface area contributed by atoms with Crippen LogP contribution in [0.3, 0.4) is 0 Å². The molecule has 0 aliphatic heterocycles. The molecule has 0 aromatic heterocycles. The minimum Gasteiger partial charge on any atom is -0.545 e. The molecule has 0 bridgehead atoms. The van der Waals surface area contributed by atoms with Gasteiger partial charge in [0.25, 0.3) is 0 Å². The topological polar surface area (TPSA) is 77.4 Å². The van der Waals surface area contributed by atoms with Crippen molar-refractivity contribution in [2.24, 2.45) is 5.41 Å². The number of aliphatic hydroxyl groups is 1. The van der Waals surface area contributed by atoms with Gasteiger partial charge in [-0.1, -0.05) is 19.9 Å². The first-order valence-corrected chi connectivity index (χ1v) is 6.11. The molecule has 1 rings (SSSR count). The largest absolute Gasteiger partial charge is 1.00 e. The van der Waals surface area contributed by atoms with Gasteiger partial charge in [-0.25, -0.2) is 0 Å². The molecule has 1 N–H and O–H groups in total. The summed E-state index contributed by atoms with van der Waals surface area (Å²) in [4.78, 5) is 22.0. The fraction of sp³-hybridized carbons (Fsp3) is 0.467. The van der Waals surface area contributed by atoms with Gasteiger partial charge in [-0.3, -0.25) is 4.79 Å². The van der Waals surface area contributed by atoms with Crippen molar-refractivity contribution in [1.29, 1.82) is 0 Å². The Bertz CT molecular complexity index is 500. The Balaban J connectivity index is 0.00000361. The molecule has 1 aliphatic carbocycles. The van der Waals surface area contributed by atoms with E-state index >= 15 is 0 Å². The molecule has 0 saturated carbocycles. The van der Waals surface area contributed by atoms with Gasteiger partial charge in [0.05, 0.1) is 5.97 Å². The number of carbonyl (C=O) groups excluding carboxylic acids is 2. The maximum Gasteiger partial charge on any atom is 1.00 e. The summed E-state index contributed by atoms with van der Waals surface area (Å²) < 4.78 is 0. The van der Waals surface area contributed by atoms with Gasteiger partial charge in [0.1, 0.15) is 5.60 Å². The minimum atomic E-state index is -1.28. The van der Waals surface area contributed by atoms with E-state index in [9.17, 15) is 19.8 Å². The van der Waals surface area contributed by atoms with Crippen molar-refractivity contribution in [3.8, 4) is 0 Å². The zero-order valence-corrected chi connectivity index (χ0v) is 15.8. The zero-order valence-electron chi connectivity index (χ0n) is 12.7. The third kappa shape index (κ3) is 4.48. The number of aliphatic carboxylic acids is 1. The molecule has 1 atom stereocenters. The van der Waals surface area contributed by atoms with Crippen LogP contribution in [0.2, 0.25) is 0 Å². The third-order valence-electron chi connectivity index (χ3n) is 3.56. The molecule has 5 heteroatoms. The number of hydrogen-bond acceptors (Lipinski definition) is 4. The van der Waals surface area contributed by atoms with Crippen LogP contribution in [0.1, 0.15) is 34.1 Å². The predicted octanol–water partition coefficient (Wildman–Crippen LogP) is -2.08. The monoisotopic (exact) mass is 302 g/mol. The second kappa shape index (κ2) is 7.29. The van der Waals surface area contributed by atoms with Crippen LogP contribution in [0.25, 0.3) is 0 Å². The Hall–Kier alpha value is -0.0436. The third-order valence-corrected chi connectivity index (χ3v) is 3.56. The maximum absolute atomic E-state index is 11.6. The van der Waals surface area contributed by atoms with Crippen LogP contribution < -0.4 is 56.5 Å². The van der Waals surface area contributed by atoms with Crippen molar-refractivity contribution >= 4 is 11.8 Å². The number of hydrogen-bond donors (Lipinski definition) is 1. The van der Waals surface area contributed by atoms with Crippen LogP contribution in [0.15, 0.2) is 35.5 Å². The quantitative estimate of drug-likeness (QED) is 0.369. The molecule has 0 aromatic rings. The van der Waals surface area contributed by atoms with E-state index < -0.39 is 17.0 Å². The molecule has 1 aliphatic rings. The Morgan fingerprint density at radius 1 is 1.45 bits per heavy atom. The number of carboxylic acids is 1. The number of ketones is 1. The number of rotatable bonds is 3. The summed E-state index contributed by atoms with van der Waals surface area (Å²) in [6.07, 6.45) is 5.71. The second-order valence-corrected chi connectivity index (χ2v) is 5.66. The van der Waals surface area contributed by atoms with Crippen molar-refractivity contribution in [3.63, 3.8) is 0 Å². The normalized spacial score (nSPS) is 26.1. The summed E-state index contributed by atoms with van der Waals surface area (Å²) in [6.45, 7) is 6.92. The number of carbonyl (C=O) groups is 2. The summed E-state index contributed by atoms with van der Waals surface area (Å²) in [7, 11) is 0. The van der Waals surface area contributed by atoms with Crippen LogP contribution >= 0.6 is 0 Å². The molecule has 20 heavy (non-hydrogen) atoms. The molecule has 0 aromatic carbocycles. The molecule has 0 radical (unpaired) electrons. The maximum atomic E-state index is 11.6. The second-order valence-electron chi connectivity index (χ2n) is 5.66. The Morgan fingerprint density at radius 3 is 2.45 bits per heavy atom. The van der Waals surface area contributed by atoms with Gasteiger partial charge in [-0.2, -0.15) is 0 Å². The molecular formula is C15H19KO4. The van der Waals surface area contributed by atoms with E-state index in [1.807, 2.05) is 13.8 Å². The van der Waals surface area contributed by atoms with Gasteiger partial charge in [0.2, 0.25) is 0 Å². The van der Waals surface area contributed by atoms with Crippen molar-refractivity contribution in [1.82, 2.24) is 0 Å². The van der Waals surface area contributed by atoms with E-state index in [2.05, 4.69) is 0 Å². The number of allylic oxidation sites excluding steroid dienone is 3. The molecule has 0 spiro atoms. The van der Waals surface area contributed by atoms with Crippen molar-refractivity contribution in [2.45, 2.75) is 39.7 Å². The average molecular weight is 302 g/mol. The molecular weight excluding hydrogens is 283 g/mol. The van der Waals surface area contributed by atoms with Gasteiger partial charge < -0.3 is 15.0 Å². The van der Waals surface area contributed by atoms with Crippen LogP contribution in [-0.2, 0) is 9.59 Å². The van der Waals surface area contributed by atoms with E-state index in [1.165, 1.54) is 12.2 Å². The van der Waals surface area contributed by atoms with E-state index in [1.54, 1.807) is 19.9 Å². The van der Waals surface area contributed by atoms with Gasteiger partial charge in [-0.05, 0) is 43.2 Å². The predicted molar refractivity (Wildman–Crippen MR) is 70.0 cm³/mol. The van der Waals surface area contributed by atoms with Gasteiger partial charge in [0, 0.05) is 11.8 Å². The summed E-state index contributed by atoms with van der Waals surface area (Å²) in [5.41, 5.74) is -0.872. The molecule has 0 saturated heterocycles. The Morgan fingerprint density at radius 2 is 2.00 bits per heavy atom. The Labute approximate surface area is 162 Å². The van der Waals surface area contributed by atoms with Gasteiger partial charge >= 0.3 is 51.4 Å². The van der Waals surface area contributed by atoms with Crippen LogP contribution in [0, 0.1) is 5.41 Å². The SMILES string of the molecule is CC1=CC(=O)CC(C)(C)[C@@]1(O)/C=C/C(C)=C\C(=O)[O-].[K+]. The minimum absolute atomic E-state index is 0. The molecule has 4 nitrogen and oxygen atoms in total. The van der Waals surface area contributed by atoms with Gasteiger partial charge in [-0.15, -0.1) is 0 Å². The Kier molecular flexibility index (Phi) is 7.27. The van der Waals surface area contributed by atoms with Crippen molar-refractivity contribution in [3.05, 3.63) is 35.5 Å². The first-order valence-electron chi connectivity index (χ1n) is 6.11. The summed E-state index contributed by atoms with van der Waals surface area (Å²) >= 11 is 0. The van der Waals surface area contributed by atoms with Gasteiger partial charge in [0.15, 0.2) is 5.78 Å². The average Bonchev–Trinajstić information content (AvgIpc) is 2.21. The van der Waals surface area contributed by atoms with Crippen LogP contribution in [0.4, 0.5) is 0 Å².